The van der Waals surface area contributed by atoms with Gasteiger partial charge in [0.25, 0.3) is 0 Å². The molecule has 3 heteroatoms. The molecule has 0 aromatic heterocycles. The van der Waals surface area contributed by atoms with Crippen molar-refractivity contribution in [3.63, 3.8) is 0 Å². The van der Waals surface area contributed by atoms with Crippen LogP contribution in [0.2, 0.25) is 0 Å². The Labute approximate surface area is 93.2 Å². The molecule has 0 aromatic carbocycles. The van der Waals surface area contributed by atoms with Crippen LogP contribution in [0.5, 0.6) is 0 Å². The molecule has 1 aliphatic rings. The number of carbonyl (C=O) groups is 1. The number of ketones is 1. The Hall–Kier alpha value is -0.410. The average Bonchev–Trinajstić information content (AvgIpc) is 2.17. The molecule has 1 N–H and O–H groups in total. The van der Waals surface area contributed by atoms with Crippen LogP contribution in [-0.2, 0) is 4.79 Å². The zero-order chi connectivity index (χ0) is 11.3. The fourth-order valence-corrected chi connectivity index (χ4v) is 2.50. The summed E-state index contributed by atoms with van der Waals surface area (Å²) in [6, 6.07) is 0.419. The zero-order valence-corrected chi connectivity index (χ0v) is 10.3. The molecular weight excluding hydrogens is 188 g/mol. The summed E-state index contributed by atoms with van der Waals surface area (Å²) in [5.41, 5.74) is 0. The molecule has 0 amide bonds. The Morgan fingerprint density at radius 1 is 1.60 bits per heavy atom. The van der Waals surface area contributed by atoms with Crippen LogP contribution in [-0.4, -0.2) is 43.4 Å². The van der Waals surface area contributed by atoms with Gasteiger partial charge in [0.2, 0.25) is 0 Å². The van der Waals surface area contributed by atoms with Crippen molar-refractivity contribution in [2.45, 2.75) is 39.2 Å². The predicted octanol–water partition coefficient (Wildman–Crippen LogP) is 1.29. The number of carbonyl (C=O) groups excluding carboxylic acids is 1. The van der Waals surface area contributed by atoms with Gasteiger partial charge in [0.05, 0.1) is 0 Å². The lowest BCUT2D eigenvalue weighted by Crippen LogP contribution is -2.44. The van der Waals surface area contributed by atoms with Gasteiger partial charge < -0.3 is 5.32 Å². The molecule has 1 saturated heterocycles. The number of nitrogens with one attached hydrogen (secondary N) is 1. The SMILES string of the molecule is CNCC1CCCN(C(C)CC(C)=O)C1. The molecule has 1 fully saturated rings. The van der Waals surface area contributed by atoms with Crippen LogP contribution in [0.15, 0.2) is 0 Å². The van der Waals surface area contributed by atoms with E-state index in [4.69, 9.17) is 0 Å². The molecule has 1 aliphatic heterocycles. The summed E-state index contributed by atoms with van der Waals surface area (Å²) in [6.07, 6.45) is 3.30. The molecule has 1 heterocycles. The van der Waals surface area contributed by atoms with Crippen LogP contribution < -0.4 is 5.32 Å². The minimum absolute atomic E-state index is 0.304. The summed E-state index contributed by atoms with van der Waals surface area (Å²) in [7, 11) is 2.01. The highest BCUT2D eigenvalue weighted by atomic mass is 16.1. The smallest absolute Gasteiger partial charge is 0.131 e. The minimum atomic E-state index is 0.304. The van der Waals surface area contributed by atoms with Gasteiger partial charge in [-0.05, 0) is 52.7 Å². The van der Waals surface area contributed by atoms with Crippen LogP contribution >= 0.6 is 0 Å². The number of likely N-dealkylation sites (tertiary alicyclic amines) is 1. The summed E-state index contributed by atoms with van der Waals surface area (Å²) in [4.78, 5) is 13.5. The van der Waals surface area contributed by atoms with Gasteiger partial charge >= 0.3 is 0 Å². The Morgan fingerprint density at radius 3 is 2.93 bits per heavy atom. The van der Waals surface area contributed by atoms with Gasteiger partial charge in [0.15, 0.2) is 0 Å². The van der Waals surface area contributed by atoms with E-state index in [2.05, 4.69) is 17.1 Å². The maximum Gasteiger partial charge on any atom is 0.131 e. The molecule has 0 aliphatic carbocycles. The average molecular weight is 212 g/mol. The van der Waals surface area contributed by atoms with E-state index in [0.717, 1.165) is 25.6 Å². The van der Waals surface area contributed by atoms with Crippen molar-refractivity contribution in [3.05, 3.63) is 0 Å². The van der Waals surface area contributed by atoms with E-state index in [0.29, 0.717) is 18.2 Å². The summed E-state index contributed by atoms with van der Waals surface area (Å²) >= 11 is 0. The molecule has 2 atom stereocenters. The second-order valence-electron chi connectivity index (χ2n) is 4.82. The van der Waals surface area contributed by atoms with Crippen LogP contribution in [0, 0.1) is 5.92 Å². The summed E-state index contributed by atoms with van der Waals surface area (Å²) in [6.45, 7) is 7.27. The standard InChI is InChI=1S/C12H24N2O/c1-10(7-11(2)15)14-6-4-5-12(9-14)8-13-3/h10,12-13H,4-9H2,1-3H3. The third-order valence-electron chi connectivity index (χ3n) is 3.25. The third-order valence-corrected chi connectivity index (χ3v) is 3.25. The first-order chi connectivity index (χ1) is 7.13. The normalized spacial score (nSPS) is 25.1. The Morgan fingerprint density at radius 2 is 2.33 bits per heavy atom. The third kappa shape index (κ3) is 4.31. The van der Waals surface area contributed by atoms with Crippen molar-refractivity contribution in [2.24, 2.45) is 5.92 Å². The van der Waals surface area contributed by atoms with Crippen molar-refractivity contribution in [3.8, 4) is 0 Å². The van der Waals surface area contributed by atoms with Gasteiger partial charge in [-0.1, -0.05) is 0 Å². The molecule has 15 heavy (non-hydrogen) atoms. The molecule has 0 bridgehead atoms. The molecule has 0 saturated carbocycles. The van der Waals surface area contributed by atoms with Crippen molar-refractivity contribution < 1.29 is 4.79 Å². The molecule has 2 unspecified atom stereocenters. The summed E-state index contributed by atoms with van der Waals surface area (Å²) < 4.78 is 0. The molecule has 0 spiro atoms. The lowest BCUT2D eigenvalue weighted by molar-refractivity contribution is -0.118. The predicted molar refractivity (Wildman–Crippen MR) is 63.0 cm³/mol. The van der Waals surface area contributed by atoms with Crippen molar-refractivity contribution in [1.29, 1.82) is 0 Å². The van der Waals surface area contributed by atoms with E-state index in [1.807, 2.05) is 7.05 Å². The van der Waals surface area contributed by atoms with Crippen molar-refractivity contribution in [2.75, 3.05) is 26.7 Å². The van der Waals surface area contributed by atoms with Crippen LogP contribution in [0.1, 0.15) is 33.1 Å². The van der Waals surface area contributed by atoms with E-state index in [1.165, 1.54) is 12.8 Å². The van der Waals surface area contributed by atoms with Gasteiger partial charge in [-0.3, -0.25) is 9.69 Å². The summed E-state index contributed by atoms with van der Waals surface area (Å²) in [5.74, 6) is 1.07. The van der Waals surface area contributed by atoms with Gasteiger partial charge in [0.1, 0.15) is 5.78 Å². The molecule has 1 rings (SSSR count). The highest BCUT2D eigenvalue weighted by Gasteiger charge is 2.23. The minimum Gasteiger partial charge on any atom is -0.319 e. The lowest BCUT2D eigenvalue weighted by atomic mass is 9.96. The summed E-state index contributed by atoms with van der Waals surface area (Å²) in [5, 5.41) is 3.24. The quantitative estimate of drug-likeness (QED) is 0.745. The molecular formula is C12H24N2O. The van der Waals surface area contributed by atoms with Crippen molar-refractivity contribution >= 4 is 5.78 Å². The monoisotopic (exact) mass is 212 g/mol. The second-order valence-corrected chi connectivity index (χ2v) is 4.82. The number of nitrogens with zero attached hydrogens (tertiary/aromatic N) is 1. The van der Waals surface area contributed by atoms with Gasteiger partial charge in [-0.25, -0.2) is 0 Å². The Balaban J connectivity index is 2.37. The molecule has 3 nitrogen and oxygen atoms in total. The first kappa shape index (κ1) is 12.7. The fourth-order valence-electron chi connectivity index (χ4n) is 2.50. The topological polar surface area (TPSA) is 32.3 Å². The molecule has 88 valence electrons. The maximum atomic E-state index is 11.1. The van der Waals surface area contributed by atoms with Gasteiger partial charge in [-0.2, -0.15) is 0 Å². The lowest BCUT2D eigenvalue weighted by Gasteiger charge is -2.36. The number of piperidine rings is 1. The van der Waals surface area contributed by atoms with E-state index < -0.39 is 0 Å². The molecule has 0 aromatic rings. The van der Waals surface area contributed by atoms with E-state index in [1.54, 1.807) is 6.92 Å². The number of rotatable bonds is 5. The van der Waals surface area contributed by atoms with Crippen molar-refractivity contribution in [1.82, 2.24) is 10.2 Å². The largest absolute Gasteiger partial charge is 0.319 e. The highest BCUT2D eigenvalue weighted by Crippen LogP contribution is 2.19. The fraction of sp³-hybridized carbons (Fsp3) is 0.917. The van der Waals surface area contributed by atoms with Crippen LogP contribution in [0.4, 0.5) is 0 Å². The van der Waals surface area contributed by atoms with Crippen LogP contribution in [0.3, 0.4) is 0 Å². The van der Waals surface area contributed by atoms with E-state index in [9.17, 15) is 4.79 Å². The van der Waals surface area contributed by atoms with Gasteiger partial charge in [0, 0.05) is 19.0 Å². The highest BCUT2D eigenvalue weighted by molar-refractivity contribution is 5.76. The first-order valence-electron chi connectivity index (χ1n) is 6.01. The maximum absolute atomic E-state index is 11.1. The zero-order valence-electron chi connectivity index (χ0n) is 10.3. The number of hydrogen-bond donors (Lipinski definition) is 1. The van der Waals surface area contributed by atoms with E-state index >= 15 is 0 Å². The Bertz CT molecular complexity index is 204. The number of Topliss-reactive ketones (excluding diaryl/α,β-unsaturated/α-hetero) is 1. The Kier molecular flexibility index (Phi) is 5.26. The molecule has 0 radical (unpaired) electrons. The van der Waals surface area contributed by atoms with Gasteiger partial charge in [-0.15, -0.1) is 0 Å². The second kappa shape index (κ2) is 6.23. The van der Waals surface area contributed by atoms with Crippen LogP contribution in [0.25, 0.3) is 0 Å². The first-order valence-corrected chi connectivity index (χ1v) is 6.01. The number of hydrogen-bond acceptors (Lipinski definition) is 3. The van der Waals surface area contributed by atoms with E-state index in [-0.39, 0.29) is 0 Å².